The number of urea groups is 1. The van der Waals surface area contributed by atoms with Crippen LogP contribution in [0.15, 0.2) is 47.5 Å². The third-order valence-electron chi connectivity index (χ3n) is 4.12. The lowest BCUT2D eigenvalue weighted by atomic mass is 10.1. The van der Waals surface area contributed by atoms with Gasteiger partial charge in [0.05, 0.1) is 4.90 Å². The summed E-state index contributed by atoms with van der Waals surface area (Å²) < 4.78 is 26.0. The summed E-state index contributed by atoms with van der Waals surface area (Å²) in [5.74, 6) is 0. The molecule has 140 valence electrons. The number of amides is 2. The predicted octanol–water partition coefficient (Wildman–Crippen LogP) is 2.39. The standard InChI is InChI=1S/C18H24N4O3S/c1-13-8-9-20-16(10-13)11-14(2)22(4)18(23)21-15-6-5-7-17(12-15)26(24,25)19-3/h5-10,12,14,19H,11H2,1-4H3,(H,21,23). The third kappa shape index (κ3) is 5.03. The van der Waals surface area contributed by atoms with Gasteiger partial charge in [-0.15, -0.1) is 0 Å². The molecule has 7 nitrogen and oxygen atoms in total. The number of nitrogens with one attached hydrogen (secondary N) is 2. The summed E-state index contributed by atoms with van der Waals surface area (Å²) in [6, 6.07) is 9.65. The Morgan fingerprint density at radius 1 is 1.27 bits per heavy atom. The van der Waals surface area contributed by atoms with Crippen LogP contribution in [0.25, 0.3) is 0 Å². The van der Waals surface area contributed by atoms with Gasteiger partial charge in [-0.3, -0.25) is 4.98 Å². The average Bonchev–Trinajstić information content (AvgIpc) is 2.61. The van der Waals surface area contributed by atoms with Crippen molar-refractivity contribution in [1.29, 1.82) is 0 Å². The third-order valence-corrected chi connectivity index (χ3v) is 5.53. The van der Waals surface area contributed by atoms with Crippen LogP contribution < -0.4 is 10.0 Å². The van der Waals surface area contributed by atoms with E-state index in [0.29, 0.717) is 12.1 Å². The van der Waals surface area contributed by atoms with E-state index in [0.717, 1.165) is 11.3 Å². The first kappa shape index (κ1) is 19.9. The highest BCUT2D eigenvalue weighted by Gasteiger charge is 2.18. The van der Waals surface area contributed by atoms with Gasteiger partial charge in [0.2, 0.25) is 10.0 Å². The molecule has 1 aromatic carbocycles. The minimum absolute atomic E-state index is 0.0754. The van der Waals surface area contributed by atoms with Crippen molar-refractivity contribution in [2.45, 2.75) is 31.2 Å². The highest BCUT2D eigenvalue weighted by Crippen LogP contribution is 2.16. The number of carbonyl (C=O) groups is 1. The highest BCUT2D eigenvalue weighted by molar-refractivity contribution is 7.89. The number of pyridine rings is 1. The van der Waals surface area contributed by atoms with Gasteiger partial charge in [0.1, 0.15) is 0 Å². The second kappa shape index (κ2) is 8.29. The zero-order chi connectivity index (χ0) is 19.3. The summed E-state index contributed by atoms with van der Waals surface area (Å²) in [4.78, 5) is 18.5. The largest absolute Gasteiger partial charge is 0.324 e. The van der Waals surface area contributed by atoms with Crippen LogP contribution in [0, 0.1) is 6.92 Å². The van der Waals surface area contributed by atoms with Gasteiger partial charge in [-0.25, -0.2) is 17.9 Å². The monoisotopic (exact) mass is 376 g/mol. The number of rotatable bonds is 6. The second-order valence-electron chi connectivity index (χ2n) is 6.15. The van der Waals surface area contributed by atoms with Crippen LogP contribution in [-0.2, 0) is 16.4 Å². The molecular formula is C18H24N4O3S. The first-order chi connectivity index (χ1) is 12.2. The van der Waals surface area contributed by atoms with Gasteiger partial charge < -0.3 is 10.2 Å². The van der Waals surface area contributed by atoms with Gasteiger partial charge in [0, 0.05) is 37.1 Å². The van der Waals surface area contributed by atoms with E-state index in [1.807, 2.05) is 26.0 Å². The summed E-state index contributed by atoms with van der Waals surface area (Å²) in [5, 5.41) is 2.73. The molecule has 0 bridgehead atoms. The van der Waals surface area contributed by atoms with E-state index < -0.39 is 10.0 Å². The van der Waals surface area contributed by atoms with Gasteiger partial charge >= 0.3 is 6.03 Å². The number of benzene rings is 1. The molecule has 0 aliphatic rings. The average molecular weight is 376 g/mol. The zero-order valence-electron chi connectivity index (χ0n) is 15.4. The molecule has 2 rings (SSSR count). The number of hydrogen-bond donors (Lipinski definition) is 2. The fraction of sp³-hybridized carbons (Fsp3) is 0.333. The van der Waals surface area contributed by atoms with Crippen molar-refractivity contribution in [2.75, 3.05) is 19.4 Å². The number of aromatic nitrogens is 1. The maximum Gasteiger partial charge on any atom is 0.321 e. The molecule has 0 spiro atoms. The Balaban J connectivity index is 2.06. The minimum Gasteiger partial charge on any atom is -0.324 e. The number of nitrogens with zero attached hydrogens (tertiary/aromatic N) is 2. The van der Waals surface area contributed by atoms with E-state index in [2.05, 4.69) is 15.0 Å². The lowest BCUT2D eigenvalue weighted by Gasteiger charge is -2.25. The number of hydrogen-bond acceptors (Lipinski definition) is 4. The predicted molar refractivity (Wildman–Crippen MR) is 102 cm³/mol. The summed E-state index contributed by atoms with van der Waals surface area (Å²) in [7, 11) is -0.520. The molecular weight excluding hydrogens is 352 g/mol. The Morgan fingerprint density at radius 2 is 2.00 bits per heavy atom. The Hall–Kier alpha value is -2.45. The fourth-order valence-electron chi connectivity index (χ4n) is 2.42. The van der Waals surface area contributed by atoms with Crippen LogP contribution in [0.4, 0.5) is 10.5 Å². The molecule has 1 atom stereocenters. The van der Waals surface area contributed by atoms with Crippen molar-refractivity contribution in [3.05, 3.63) is 53.9 Å². The fourth-order valence-corrected chi connectivity index (χ4v) is 3.20. The SMILES string of the molecule is CNS(=O)(=O)c1cccc(NC(=O)N(C)C(C)Cc2cc(C)ccn2)c1. The van der Waals surface area contributed by atoms with Gasteiger partial charge in [0.15, 0.2) is 0 Å². The summed E-state index contributed by atoms with van der Waals surface area (Å²) >= 11 is 0. The lowest BCUT2D eigenvalue weighted by Crippen LogP contribution is -2.39. The van der Waals surface area contributed by atoms with Gasteiger partial charge in [0.25, 0.3) is 0 Å². The normalized spacial score (nSPS) is 12.5. The van der Waals surface area contributed by atoms with Gasteiger partial charge in [-0.05, 0) is 56.8 Å². The molecule has 26 heavy (non-hydrogen) atoms. The molecule has 0 saturated heterocycles. The molecule has 0 radical (unpaired) electrons. The van der Waals surface area contributed by atoms with Crippen molar-refractivity contribution in [3.8, 4) is 0 Å². The molecule has 1 aromatic heterocycles. The first-order valence-electron chi connectivity index (χ1n) is 8.22. The van der Waals surface area contributed by atoms with Crippen molar-refractivity contribution < 1.29 is 13.2 Å². The molecule has 2 N–H and O–H groups in total. The summed E-state index contributed by atoms with van der Waals surface area (Å²) in [6.07, 6.45) is 2.38. The van der Waals surface area contributed by atoms with E-state index >= 15 is 0 Å². The first-order valence-corrected chi connectivity index (χ1v) is 9.70. The molecule has 1 heterocycles. The van der Waals surface area contributed by atoms with E-state index in [9.17, 15) is 13.2 Å². The van der Waals surface area contributed by atoms with E-state index in [4.69, 9.17) is 0 Å². The Kier molecular flexibility index (Phi) is 6.33. The molecule has 0 aliphatic carbocycles. The number of carbonyl (C=O) groups excluding carboxylic acids is 1. The van der Waals surface area contributed by atoms with E-state index in [1.165, 1.54) is 19.2 Å². The van der Waals surface area contributed by atoms with Crippen LogP contribution in [0.5, 0.6) is 0 Å². The number of anilines is 1. The Morgan fingerprint density at radius 3 is 2.65 bits per heavy atom. The quantitative estimate of drug-likeness (QED) is 0.810. The number of aryl methyl sites for hydroxylation is 1. The second-order valence-corrected chi connectivity index (χ2v) is 8.04. The van der Waals surface area contributed by atoms with Gasteiger partial charge in [-0.1, -0.05) is 6.07 Å². The molecule has 8 heteroatoms. The molecule has 2 amide bonds. The van der Waals surface area contributed by atoms with Crippen molar-refractivity contribution in [2.24, 2.45) is 0 Å². The van der Waals surface area contributed by atoms with Crippen molar-refractivity contribution >= 4 is 21.7 Å². The van der Waals surface area contributed by atoms with Crippen LogP contribution in [0.1, 0.15) is 18.2 Å². The molecule has 0 fully saturated rings. The lowest BCUT2D eigenvalue weighted by molar-refractivity contribution is 0.207. The zero-order valence-corrected chi connectivity index (χ0v) is 16.2. The Bertz CT molecular complexity index is 884. The van der Waals surface area contributed by atoms with Crippen LogP contribution in [0.3, 0.4) is 0 Å². The van der Waals surface area contributed by atoms with Crippen LogP contribution >= 0.6 is 0 Å². The van der Waals surface area contributed by atoms with Crippen molar-refractivity contribution in [1.82, 2.24) is 14.6 Å². The molecule has 2 aromatic rings. The molecule has 0 aliphatic heterocycles. The van der Waals surface area contributed by atoms with Crippen LogP contribution in [-0.4, -0.2) is 44.5 Å². The maximum atomic E-state index is 12.5. The smallest absolute Gasteiger partial charge is 0.321 e. The van der Waals surface area contributed by atoms with E-state index in [1.54, 1.807) is 30.3 Å². The number of likely N-dealkylation sites (N-methyl/N-ethyl adjacent to an activating group) is 1. The summed E-state index contributed by atoms with van der Waals surface area (Å²) in [5.41, 5.74) is 2.45. The molecule has 0 saturated carbocycles. The van der Waals surface area contributed by atoms with Crippen molar-refractivity contribution in [3.63, 3.8) is 0 Å². The molecule has 1 unspecified atom stereocenters. The minimum atomic E-state index is -3.56. The van der Waals surface area contributed by atoms with E-state index in [-0.39, 0.29) is 17.0 Å². The number of sulfonamides is 1. The topological polar surface area (TPSA) is 91.4 Å². The highest BCUT2D eigenvalue weighted by atomic mass is 32.2. The van der Waals surface area contributed by atoms with Gasteiger partial charge in [-0.2, -0.15) is 0 Å². The van der Waals surface area contributed by atoms with Crippen LogP contribution in [0.2, 0.25) is 0 Å². The Labute approximate surface area is 154 Å². The summed E-state index contributed by atoms with van der Waals surface area (Å²) in [6.45, 7) is 3.93. The maximum absolute atomic E-state index is 12.5.